The highest BCUT2D eigenvalue weighted by Gasteiger charge is 2.32. The number of halogens is 1. The second-order valence-corrected chi connectivity index (χ2v) is 10.2. The lowest BCUT2D eigenvalue weighted by molar-refractivity contribution is 0.0983. The summed E-state index contributed by atoms with van der Waals surface area (Å²) in [5, 5.41) is 12.0. The molecule has 1 aliphatic rings. The van der Waals surface area contributed by atoms with Crippen LogP contribution < -0.4 is 10.1 Å². The largest absolute Gasteiger partial charge is 0.495 e. The lowest BCUT2D eigenvalue weighted by atomic mass is 10.1. The van der Waals surface area contributed by atoms with E-state index in [2.05, 4.69) is 20.5 Å². The van der Waals surface area contributed by atoms with Crippen molar-refractivity contribution in [3.8, 4) is 5.75 Å². The lowest BCUT2D eigenvalue weighted by Crippen LogP contribution is -2.29. The van der Waals surface area contributed by atoms with E-state index in [1.54, 1.807) is 30.5 Å². The number of benzene rings is 2. The number of aromatic amines is 1. The number of pyridine rings is 1. The van der Waals surface area contributed by atoms with Crippen molar-refractivity contribution in [2.45, 2.75) is 23.0 Å². The molecule has 0 saturated carbocycles. The summed E-state index contributed by atoms with van der Waals surface area (Å²) in [5.74, 6) is 0.824. The van der Waals surface area contributed by atoms with Crippen LogP contribution in [0.1, 0.15) is 12.8 Å². The number of anilines is 2. The van der Waals surface area contributed by atoms with Crippen LogP contribution in [0.3, 0.4) is 0 Å². The van der Waals surface area contributed by atoms with E-state index in [-0.39, 0.29) is 10.6 Å². The highest BCUT2D eigenvalue weighted by atomic mass is 35.5. The van der Waals surface area contributed by atoms with E-state index in [1.807, 2.05) is 12.1 Å². The monoisotopic (exact) mass is 472 g/mol. The van der Waals surface area contributed by atoms with E-state index in [9.17, 15) is 8.42 Å². The Kier molecular flexibility index (Phi) is 5.40. The number of rotatable bonds is 5. The molecule has 0 unspecified atom stereocenters. The van der Waals surface area contributed by atoms with Crippen molar-refractivity contribution in [1.82, 2.24) is 15.2 Å². The van der Waals surface area contributed by atoms with E-state index in [1.165, 1.54) is 7.11 Å². The molecule has 1 fully saturated rings. The summed E-state index contributed by atoms with van der Waals surface area (Å²) in [6, 6.07) is 10.6. The molecule has 5 rings (SSSR count). The molecule has 32 heavy (non-hydrogen) atoms. The molecule has 1 saturated heterocycles. The SMILES string of the molecule is COc1cc2nccc(Nc3n[nH]c4cccc(Cl)c34)c2cc1S(=O)(=O)C1CCOCC1. The average molecular weight is 473 g/mol. The third-order valence-corrected chi connectivity index (χ3v) is 8.33. The second-order valence-electron chi connectivity index (χ2n) is 7.60. The molecule has 0 radical (unpaired) electrons. The number of ether oxygens (including phenoxy) is 2. The smallest absolute Gasteiger partial charge is 0.185 e. The number of H-pyrrole nitrogens is 1. The van der Waals surface area contributed by atoms with Crippen LogP contribution in [0.4, 0.5) is 11.5 Å². The number of hydrogen-bond donors (Lipinski definition) is 2. The molecule has 3 heterocycles. The summed E-state index contributed by atoms with van der Waals surface area (Å²) >= 11 is 6.38. The molecule has 4 aromatic rings. The van der Waals surface area contributed by atoms with Crippen LogP contribution in [-0.4, -0.2) is 49.2 Å². The summed E-state index contributed by atoms with van der Waals surface area (Å²) in [6.07, 6.45) is 2.56. The van der Waals surface area contributed by atoms with Gasteiger partial charge in [-0.1, -0.05) is 17.7 Å². The highest BCUT2D eigenvalue weighted by Crippen LogP contribution is 2.37. The topological polar surface area (TPSA) is 106 Å². The Morgan fingerprint density at radius 2 is 2.03 bits per heavy atom. The molecule has 10 heteroatoms. The Morgan fingerprint density at radius 3 is 2.81 bits per heavy atom. The number of aromatic nitrogens is 3. The van der Waals surface area contributed by atoms with Crippen molar-refractivity contribution in [1.29, 1.82) is 0 Å². The molecule has 1 aliphatic heterocycles. The van der Waals surface area contributed by atoms with Gasteiger partial charge in [0.2, 0.25) is 0 Å². The van der Waals surface area contributed by atoms with Gasteiger partial charge in [0.15, 0.2) is 15.7 Å². The Hall–Kier alpha value is -2.88. The molecule has 166 valence electrons. The normalized spacial score (nSPS) is 15.3. The van der Waals surface area contributed by atoms with Gasteiger partial charge in [-0.2, -0.15) is 5.10 Å². The zero-order valence-corrected chi connectivity index (χ0v) is 18.8. The Bertz CT molecular complexity index is 1410. The van der Waals surface area contributed by atoms with Gasteiger partial charge in [-0.25, -0.2) is 8.42 Å². The van der Waals surface area contributed by atoms with Crippen LogP contribution in [0.2, 0.25) is 5.02 Å². The van der Waals surface area contributed by atoms with E-state index < -0.39 is 15.1 Å². The predicted octanol–water partition coefficient (Wildman–Crippen LogP) is 4.47. The first kappa shape index (κ1) is 21.0. The van der Waals surface area contributed by atoms with Crippen LogP contribution in [-0.2, 0) is 14.6 Å². The molecule has 2 aromatic heterocycles. The van der Waals surface area contributed by atoms with E-state index in [4.69, 9.17) is 21.1 Å². The predicted molar refractivity (Wildman–Crippen MR) is 124 cm³/mol. The number of methoxy groups -OCH3 is 1. The summed E-state index contributed by atoms with van der Waals surface area (Å²) in [4.78, 5) is 4.56. The zero-order valence-electron chi connectivity index (χ0n) is 17.3. The van der Waals surface area contributed by atoms with Crippen molar-refractivity contribution in [3.63, 3.8) is 0 Å². The van der Waals surface area contributed by atoms with Gasteiger partial charge in [0.1, 0.15) is 10.6 Å². The first-order chi connectivity index (χ1) is 15.5. The molecule has 8 nitrogen and oxygen atoms in total. The van der Waals surface area contributed by atoms with Crippen molar-refractivity contribution < 1.29 is 17.9 Å². The second kappa shape index (κ2) is 8.23. The quantitative estimate of drug-likeness (QED) is 0.441. The number of hydrogen-bond acceptors (Lipinski definition) is 7. The van der Waals surface area contributed by atoms with Crippen molar-refractivity contribution in [2.24, 2.45) is 0 Å². The van der Waals surface area contributed by atoms with Gasteiger partial charge < -0.3 is 14.8 Å². The molecule has 2 N–H and O–H groups in total. The molecular weight excluding hydrogens is 452 g/mol. The summed E-state index contributed by atoms with van der Waals surface area (Å²) < 4.78 is 37.7. The van der Waals surface area contributed by atoms with Gasteiger partial charge >= 0.3 is 0 Å². The number of nitrogens with one attached hydrogen (secondary N) is 2. The minimum Gasteiger partial charge on any atom is -0.495 e. The van der Waals surface area contributed by atoms with E-state index in [0.29, 0.717) is 53.5 Å². The van der Waals surface area contributed by atoms with Gasteiger partial charge in [0.25, 0.3) is 0 Å². The molecule has 2 aromatic carbocycles. The average Bonchev–Trinajstić information content (AvgIpc) is 3.23. The minimum absolute atomic E-state index is 0.153. The molecule has 0 bridgehead atoms. The zero-order chi connectivity index (χ0) is 22.3. The minimum atomic E-state index is -3.62. The lowest BCUT2D eigenvalue weighted by Gasteiger charge is -2.23. The van der Waals surface area contributed by atoms with Gasteiger partial charge in [-0.15, -0.1) is 0 Å². The van der Waals surface area contributed by atoms with Gasteiger partial charge in [-0.3, -0.25) is 10.1 Å². The molecule has 0 amide bonds. The maximum atomic E-state index is 13.4. The standard InChI is InChI=1S/C22H21ClN4O4S/c1-30-19-12-18-14(11-20(19)32(28,29)13-6-9-31-10-7-13)16(5-8-24-18)25-22-21-15(23)3-2-4-17(21)26-27-22/h2-5,8,11-13H,6-7,9-10H2,1H3,(H2,24,25,26,27). The van der Waals surface area contributed by atoms with Crippen molar-refractivity contribution in [3.05, 3.63) is 47.6 Å². The first-order valence-corrected chi connectivity index (χ1v) is 12.1. The molecule has 0 atom stereocenters. The number of fused-ring (bicyclic) bond motifs is 2. The summed E-state index contributed by atoms with van der Waals surface area (Å²) in [5.41, 5.74) is 2.06. The molecular formula is C22H21ClN4O4S. The maximum Gasteiger partial charge on any atom is 0.185 e. The fraction of sp³-hybridized carbons (Fsp3) is 0.273. The summed E-state index contributed by atoms with van der Waals surface area (Å²) in [7, 11) is -2.16. The number of sulfone groups is 1. The Labute approximate surface area is 189 Å². The molecule has 0 spiro atoms. The van der Waals surface area contributed by atoms with Gasteiger partial charge in [0, 0.05) is 30.9 Å². The fourth-order valence-corrected chi connectivity index (χ4v) is 6.20. The van der Waals surface area contributed by atoms with Crippen LogP contribution in [0.25, 0.3) is 21.8 Å². The highest BCUT2D eigenvalue weighted by molar-refractivity contribution is 7.92. The van der Waals surface area contributed by atoms with E-state index >= 15 is 0 Å². The Morgan fingerprint density at radius 1 is 1.22 bits per heavy atom. The first-order valence-electron chi connectivity index (χ1n) is 10.2. The van der Waals surface area contributed by atoms with Gasteiger partial charge in [-0.05, 0) is 37.1 Å². The van der Waals surface area contributed by atoms with Crippen molar-refractivity contribution in [2.75, 3.05) is 25.6 Å². The Balaban J connectivity index is 1.64. The maximum absolute atomic E-state index is 13.4. The van der Waals surface area contributed by atoms with Crippen LogP contribution in [0.5, 0.6) is 5.75 Å². The van der Waals surface area contributed by atoms with E-state index in [0.717, 1.165) is 10.9 Å². The fourth-order valence-electron chi connectivity index (χ4n) is 4.06. The van der Waals surface area contributed by atoms with Crippen LogP contribution in [0.15, 0.2) is 47.5 Å². The third-order valence-electron chi connectivity index (χ3n) is 5.73. The van der Waals surface area contributed by atoms with Crippen LogP contribution in [0, 0.1) is 0 Å². The van der Waals surface area contributed by atoms with Gasteiger partial charge in [0.05, 0.1) is 39.5 Å². The molecule has 0 aliphatic carbocycles. The third kappa shape index (κ3) is 3.56. The van der Waals surface area contributed by atoms with Crippen molar-refractivity contribution >= 4 is 54.7 Å². The van der Waals surface area contributed by atoms with Crippen LogP contribution >= 0.6 is 11.6 Å². The number of nitrogens with zero attached hydrogens (tertiary/aromatic N) is 2. The summed E-state index contributed by atoms with van der Waals surface area (Å²) in [6.45, 7) is 0.863.